The molecule has 1 aliphatic heterocycles. The van der Waals surface area contributed by atoms with Gasteiger partial charge in [0.2, 0.25) is 10.0 Å². The van der Waals surface area contributed by atoms with Crippen LogP contribution in [0, 0.1) is 11.8 Å². The Kier molecular flexibility index (Phi) is 5.06. The van der Waals surface area contributed by atoms with E-state index < -0.39 is 16.0 Å². The average Bonchev–Trinajstić information content (AvgIpc) is 2.77. The number of aromatic carboxylic acids is 1. The van der Waals surface area contributed by atoms with Gasteiger partial charge in [0.1, 0.15) is 4.88 Å². The molecule has 2 rings (SSSR count). The van der Waals surface area contributed by atoms with Crippen molar-refractivity contribution >= 4 is 27.3 Å². The second-order valence-corrected chi connectivity index (χ2v) is 8.64. The minimum Gasteiger partial charge on any atom is -0.477 e. The van der Waals surface area contributed by atoms with Gasteiger partial charge in [-0.3, -0.25) is 0 Å². The molecule has 1 atom stereocenters. The smallest absolute Gasteiger partial charge is 0.345 e. The second kappa shape index (κ2) is 6.46. The van der Waals surface area contributed by atoms with Crippen molar-refractivity contribution in [1.82, 2.24) is 4.31 Å². The van der Waals surface area contributed by atoms with Gasteiger partial charge in [-0.05, 0) is 37.2 Å². The van der Waals surface area contributed by atoms with Crippen molar-refractivity contribution in [3.05, 3.63) is 16.3 Å². The molecule has 0 saturated carbocycles. The molecule has 1 aromatic rings. The number of carboxylic acid groups (broad SMARTS) is 1. The molecule has 5 nitrogen and oxygen atoms in total. The predicted molar refractivity (Wildman–Crippen MR) is 82.2 cm³/mol. The van der Waals surface area contributed by atoms with Crippen molar-refractivity contribution in [2.75, 3.05) is 13.1 Å². The highest BCUT2D eigenvalue weighted by Crippen LogP contribution is 2.29. The summed E-state index contributed by atoms with van der Waals surface area (Å²) in [5.74, 6) is 0.0341. The van der Waals surface area contributed by atoms with Gasteiger partial charge in [-0.1, -0.05) is 13.8 Å². The summed E-state index contributed by atoms with van der Waals surface area (Å²) in [4.78, 5) is 11.1. The van der Waals surface area contributed by atoms with Crippen LogP contribution in [0.3, 0.4) is 0 Å². The molecule has 0 radical (unpaired) electrons. The number of nitrogens with zero attached hydrogens (tertiary/aromatic N) is 1. The lowest BCUT2D eigenvalue weighted by molar-refractivity contribution is 0.0702. The van der Waals surface area contributed by atoms with Crippen molar-refractivity contribution in [2.24, 2.45) is 11.8 Å². The highest BCUT2D eigenvalue weighted by molar-refractivity contribution is 7.89. The van der Waals surface area contributed by atoms with Crippen molar-refractivity contribution in [3.8, 4) is 0 Å². The summed E-state index contributed by atoms with van der Waals surface area (Å²) in [5.41, 5.74) is 0. The summed E-state index contributed by atoms with van der Waals surface area (Å²) in [6.45, 7) is 5.38. The third-order valence-electron chi connectivity index (χ3n) is 4.10. The molecular formula is C14H21NO4S2. The SMILES string of the molecule is CC(C)C1CCCN(S(=O)(=O)c2csc(C(=O)O)c2)CC1. The highest BCUT2D eigenvalue weighted by atomic mass is 32.2. The first-order chi connectivity index (χ1) is 9.82. The Hall–Kier alpha value is -0.920. The van der Waals surface area contributed by atoms with Crippen molar-refractivity contribution in [2.45, 2.75) is 38.0 Å². The lowest BCUT2D eigenvalue weighted by Crippen LogP contribution is -2.32. The van der Waals surface area contributed by atoms with Gasteiger partial charge in [-0.2, -0.15) is 4.31 Å². The van der Waals surface area contributed by atoms with Crippen LogP contribution in [0.15, 0.2) is 16.3 Å². The zero-order chi connectivity index (χ0) is 15.6. The maximum Gasteiger partial charge on any atom is 0.345 e. The number of thiophene rings is 1. The minimum atomic E-state index is -3.57. The van der Waals surface area contributed by atoms with E-state index in [2.05, 4.69) is 13.8 Å². The molecule has 21 heavy (non-hydrogen) atoms. The van der Waals surface area contributed by atoms with Crippen LogP contribution in [0.5, 0.6) is 0 Å². The number of sulfonamides is 1. The monoisotopic (exact) mass is 331 g/mol. The molecule has 1 saturated heterocycles. The quantitative estimate of drug-likeness (QED) is 0.920. The maximum atomic E-state index is 12.6. The molecule has 118 valence electrons. The summed E-state index contributed by atoms with van der Waals surface area (Å²) >= 11 is 0.954. The van der Waals surface area contributed by atoms with E-state index in [0.29, 0.717) is 24.9 Å². The van der Waals surface area contributed by atoms with E-state index in [1.54, 1.807) is 0 Å². The Labute approximate surface area is 129 Å². The number of carbonyl (C=O) groups is 1. The van der Waals surface area contributed by atoms with E-state index in [1.165, 1.54) is 15.8 Å². The molecule has 7 heteroatoms. The van der Waals surface area contributed by atoms with Crippen LogP contribution in [0.1, 0.15) is 42.8 Å². The van der Waals surface area contributed by atoms with E-state index in [1.807, 2.05) is 0 Å². The summed E-state index contributed by atoms with van der Waals surface area (Å²) in [5, 5.41) is 10.3. The number of rotatable bonds is 4. The van der Waals surface area contributed by atoms with Gasteiger partial charge in [0, 0.05) is 18.5 Å². The van der Waals surface area contributed by atoms with Crippen LogP contribution >= 0.6 is 11.3 Å². The molecule has 2 heterocycles. The van der Waals surface area contributed by atoms with Gasteiger partial charge >= 0.3 is 5.97 Å². The first-order valence-corrected chi connectivity index (χ1v) is 9.46. The molecular weight excluding hydrogens is 310 g/mol. The number of carboxylic acids is 1. The summed E-state index contributed by atoms with van der Waals surface area (Å²) in [6.07, 6.45) is 2.78. The standard InChI is InChI=1S/C14H21NO4S2/c1-10(2)11-4-3-6-15(7-5-11)21(18,19)12-8-13(14(16)17)20-9-12/h8-11H,3-7H2,1-2H3,(H,16,17). The molecule has 1 fully saturated rings. The summed E-state index contributed by atoms with van der Waals surface area (Å²) < 4.78 is 26.7. The van der Waals surface area contributed by atoms with Gasteiger partial charge in [0.05, 0.1) is 4.90 Å². The van der Waals surface area contributed by atoms with Gasteiger partial charge < -0.3 is 5.11 Å². The van der Waals surface area contributed by atoms with Crippen LogP contribution in [0.2, 0.25) is 0 Å². The molecule has 0 aliphatic carbocycles. The normalized spacial score (nSPS) is 21.4. The van der Waals surface area contributed by atoms with Crippen LogP contribution in [-0.4, -0.2) is 36.9 Å². The highest BCUT2D eigenvalue weighted by Gasteiger charge is 2.29. The maximum absolute atomic E-state index is 12.6. The van der Waals surface area contributed by atoms with Crippen molar-refractivity contribution in [1.29, 1.82) is 0 Å². The van der Waals surface area contributed by atoms with Crippen molar-refractivity contribution in [3.63, 3.8) is 0 Å². The first kappa shape index (κ1) is 16.5. The van der Waals surface area contributed by atoms with Crippen LogP contribution in [0.4, 0.5) is 0 Å². The predicted octanol–water partition coefficient (Wildman–Crippen LogP) is 2.89. The Morgan fingerprint density at radius 2 is 2.10 bits per heavy atom. The lowest BCUT2D eigenvalue weighted by atomic mass is 9.89. The first-order valence-electron chi connectivity index (χ1n) is 7.14. The van der Waals surface area contributed by atoms with E-state index in [9.17, 15) is 13.2 Å². The minimum absolute atomic E-state index is 0.0588. The Bertz CT molecular complexity index is 606. The fraction of sp³-hybridized carbons (Fsp3) is 0.643. The van der Waals surface area contributed by atoms with Gasteiger partial charge in [0.25, 0.3) is 0 Å². The summed E-state index contributed by atoms with van der Waals surface area (Å²) in [6, 6.07) is 1.26. The largest absolute Gasteiger partial charge is 0.477 e. The van der Waals surface area contributed by atoms with Crippen LogP contribution in [0.25, 0.3) is 0 Å². The molecule has 0 spiro atoms. The lowest BCUT2D eigenvalue weighted by Gasteiger charge is -2.20. The zero-order valence-electron chi connectivity index (χ0n) is 12.3. The number of hydrogen-bond acceptors (Lipinski definition) is 4. The van der Waals surface area contributed by atoms with Gasteiger partial charge in [-0.15, -0.1) is 11.3 Å². The van der Waals surface area contributed by atoms with Crippen LogP contribution < -0.4 is 0 Å². The molecule has 0 amide bonds. The molecule has 0 aromatic carbocycles. The van der Waals surface area contributed by atoms with Crippen LogP contribution in [-0.2, 0) is 10.0 Å². The molecule has 1 aromatic heterocycles. The fourth-order valence-electron chi connectivity index (χ4n) is 2.72. The third-order valence-corrected chi connectivity index (χ3v) is 7.04. The van der Waals surface area contributed by atoms with Gasteiger partial charge in [0.15, 0.2) is 0 Å². The van der Waals surface area contributed by atoms with E-state index >= 15 is 0 Å². The molecule has 1 aliphatic rings. The Morgan fingerprint density at radius 1 is 1.38 bits per heavy atom. The Morgan fingerprint density at radius 3 is 2.67 bits per heavy atom. The molecule has 1 unspecified atom stereocenters. The van der Waals surface area contributed by atoms with E-state index in [-0.39, 0.29) is 9.77 Å². The van der Waals surface area contributed by atoms with E-state index in [0.717, 1.165) is 30.6 Å². The topological polar surface area (TPSA) is 74.7 Å². The average molecular weight is 331 g/mol. The van der Waals surface area contributed by atoms with E-state index in [4.69, 9.17) is 5.11 Å². The van der Waals surface area contributed by atoms with Gasteiger partial charge in [-0.25, -0.2) is 13.2 Å². The molecule has 0 bridgehead atoms. The molecule has 1 N–H and O–H groups in total. The zero-order valence-corrected chi connectivity index (χ0v) is 13.9. The fourth-order valence-corrected chi connectivity index (χ4v) is 5.31. The second-order valence-electron chi connectivity index (χ2n) is 5.79. The summed E-state index contributed by atoms with van der Waals surface area (Å²) in [7, 11) is -3.57. The third kappa shape index (κ3) is 3.64. The number of hydrogen-bond donors (Lipinski definition) is 1. The van der Waals surface area contributed by atoms with Crippen molar-refractivity contribution < 1.29 is 18.3 Å². The Balaban J connectivity index is 2.17.